The van der Waals surface area contributed by atoms with Gasteiger partial charge in [-0.05, 0) is 0 Å². The number of aromatic amines is 2. The summed E-state index contributed by atoms with van der Waals surface area (Å²) in [6.07, 6.45) is 0. The van der Waals surface area contributed by atoms with Crippen molar-refractivity contribution in [3.8, 4) is 45.6 Å². The number of hydrogen-bond acceptors (Lipinski definition) is 8. The van der Waals surface area contributed by atoms with Crippen molar-refractivity contribution in [1.29, 1.82) is 0 Å². The normalized spacial score (nSPS) is 11.4. The zero-order chi connectivity index (χ0) is 36.6. The summed E-state index contributed by atoms with van der Waals surface area (Å²) in [5.74, 6) is 2.12. The largest absolute Gasteiger partial charge is 0.324 e. The number of carbonyl (C=O) groups excluding carboxylic acids is 1. The molecule has 5 heterocycles. The van der Waals surface area contributed by atoms with Gasteiger partial charge >= 0.3 is 87.1 Å². The van der Waals surface area contributed by atoms with Gasteiger partial charge in [0, 0.05) is 43.8 Å². The number of nitrogens with zero attached hydrogens (tertiary/aromatic N) is 6. The van der Waals surface area contributed by atoms with Gasteiger partial charge in [0.15, 0.2) is 23.3 Å². The topological polar surface area (TPSA) is 175 Å². The Balaban J connectivity index is 0.000000234. The van der Waals surface area contributed by atoms with E-state index in [9.17, 15) is 9.59 Å². The van der Waals surface area contributed by atoms with Crippen molar-refractivity contribution in [1.82, 2.24) is 45.2 Å². The molecule has 10 rings (SSSR count). The first-order chi connectivity index (χ1) is 26.5. The van der Waals surface area contributed by atoms with Gasteiger partial charge in [-0.1, -0.05) is 97.1 Å². The maximum Gasteiger partial charge on any atom is 0.164 e. The molecule has 0 radical (unpaired) electrons. The third-order valence-corrected chi connectivity index (χ3v) is 9.47. The second-order valence-electron chi connectivity index (χ2n) is 12.1. The minimum Gasteiger partial charge on any atom is -0.324 e. The smallest absolute Gasteiger partial charge is 0.164 e. The molecule has 265 valence electrons. The first-order valence-corrected chi connectivity index (χ1v) is 17.9. The molecule has 4 N–H and O–H groups in total. The third kappa shape index (κ3) is 6.13. The van der Waals surface area contributed by atoms with Crippen LogP contribution in [0, 0.1) is 0 Å². The van der Waals surface area contributed by atoms with E-state index in [1.165, 1.54) is 0 Å². The molecule has 0 atom stereocenters. The predicted octanol–water partition coefficient (Wildman–Crippen LogP) is 8.00. The number of rotatable bonds is 4. The van der Waals surface area contributed by atoms with Crippen LogP contribution >= 0.6 is 0 Å². The second kappa shape index (κ2) is 13.8. The van der Waals surface area contributed by atoms with Crippen LogP contribution in [0.3, 0.4) is 0 Å². The molecular weight excluding hydrogens is 730 g/mol. The average Bonchev–Trinajstić information content (AvgIpc) is 3.94. The molecule has 8 aromatic rings. The van der Waals surface area contributed by atoms with Crippen LogP contribution in [0.1, 0.15) is 10.4 Å². The summed E-state index contributed by atoms with van der Waals surface area (Å²) >= 11 is 0.726. The Labute approximate surface area is 312 Å². The number of carbonyl (C=O) groups is 2. The summed E-state index contributed by atoms with van der Waals surface area (Å²) in [7, 11) is 0. The number of nitrogens with one attached hydrogen (secondary N) is 3. The van der Waals surface area contributed by atoms with E-state index >= 15 is 0 Å². The molecule has 8 bridgehead atoms. The van der Waals surface area contributed by atoms with Crippen molar-refractivity contribution >= 4 is 54.9 Å². The molecule has 0 aliphatic carbocycles. The third-order valence-electron chi connectivity index (χ3n) is 8.85. The standard InChI is InChI=1S/C32H18N8.C8H8NO.CHO2.Cu/c1-2-10-18-17(9-1)25-33-26(18)38-28-21-13-5-6-14-22(21)30(35-28)40-32-24-16-8-7-15-23(24)31(36-32)39-29-20-12-4-3-11-19(20)27(34-29)37-25;1-9-8(10)7-5-3-2-4-6-7;2-1-3;/h1-16H,(H2,33,34,35,36,37,38,39,40);2-6H,1H2,(H,9,10);(H,2,3);. The summed E-state index contributed by atoms with van der Waals surface area (Å²) in [5.41, 5.74) is 7.04. The SMILES string of the molecule is O=[C](O)[Cu][CH2]NC(=O)c1ccccc1.c1ccc2c(c1)-c1nc-2nc2[nH]c(nc3nc(nc4[nH]c(n1)c1ccccc41)-c1ccccc1-3)c1ccccc21. The fourth-order valence-electron chi connectivity index (χ4n) is 6.40. The molecule has 0 saturated heterocycles. The zero-order valence-corrected chi connectivity index (χ0v) is 29.0. The van der Waals surface area contributed by atoms with Gasteiger partial charge in [0.05, 0.1) is 0 Å². The van der Waals surface area contributed by atoms with Crippen LogP contribution in [0.15, 0.2) is 127 Å². The Morgan fingerprint density at radius 3 is 1.17 bits per heavy atom. The van der Waals surface area contributed by atoms with Crippen LogP contribution in [0.5, 0.6) is 0 Å². The number of aromatic nitrogens is 8. The average molecular weight is 757 g/mol. The molecule has 2 aliphatic rings. The van der Waals surface area contributed by atoms with E-state index in [1.54, 1.807) is 24.3 Å². The van der Waals surface area contributed by atoms with Crippen molar-refractivity contribution in [2.45, 2.75) is 0 Å². The minimum absolute atomic E-state index is 0.0621. The maximum atomic E-state index is 11.3. The van der Waals surface area contributed by atoms with Gasteiger partial charge in [-0.25, -0.2) is 29.9 Å². The van der Waals surface area contributed by atoms with E-state index in [-0.39, 0.29) is 11.4 Å². The van der Waals surface area contributed by atoms with Crippen LogP contribution in [-0.2, 0) is 15.0 Å². The van der Waals surface area contributed by atoms with Gasteiger partial charge in [-0.15, -0.1) is 0 Å². The van der Waals surface area contributed by atoms with Gasteiger partial charge in [-0.2, -0.15) is 0 Å². The van der Waals surface area contributed by atoms with Crippen molar-refractivity contribution in [2.24, 2.45) is 0 Å². The number of fused-ring (bicyclic) bond motifs is 20. The van der Waals surface area contributed by atoms with E-state index < -0.39 is 4.87 Å². The molecular formula is C41H27CuN9O3. The van der Waals surface area contributed by atoms with E-state index in [4.69, 9.17) is 35.0 Å². The van der Waals surface area contributed by atoms with Gasteiger partial charge in [0.2, 0.25) is 0 Å². The van der Waals surface area contributed by atoms with Gasteiger partial charge in [0.1, 0.15) is 22.6 Å². The predicted molar refractivity (Wildman–Crippen MR) is 203 cm³/mol. The summed E-state index contributed by atoms with van der Waals surface area (Å²) in [4.78, 5) is 57.2. The van der Waals surface area contributed by atoms with Crippen LogP contribution in [0.25, 0.3) is 89.7 Å². The van der Waals surface area contributed by atoms with Crippen molar-refractivity contribution in [3.05, 3.63) is 133 Å². The Morgan fingerprint density at radius 2 is 0.815 bits per heavy atom. The molecule has 12 nitrogen and oxygen atoms in total. The van der Waals surface area contributed by atoms with Crippen LogP contribution in [-0.4, -0.2) is 61.2 Å². The molecule has 2 aliphatic heterocycles. The Bertz CT molecular complexity index is 2620. The molecule has 13 heteroatoms. The van der Waals surface area contributed by atoms with Crippen LogP contribution in [0.2, 0.25) is 0 Å². The Morgan fingerprint density at radius 1 is 0.481 bits per heavy atom. The molecule has 3 aromatic heterocycles. The minimum atomic E-state index is -1.01. The van der Waals surface area contributed by atoms with E-state index in [0.717, 1.165) is 58.8 Å². The molecule has 0 unspecified atom stereocenters. The fourth-order valence-corrected chi connectivity index (χ4v) is 6.78. The molecule has 54 heavy (non-hydrogen) atoms. The molecule has 0 spiro atoms. The number of H-pyrrole nitrogens is 2. The molecule has 0 fully saturated rings. The second-order valence-corrected chi connectivity index (χ2v) is 13.2. The number of benzene rings is 5. The number of carboxylic acid groups (broad SMARTS) is 1. The van der Waals surface area contributed by atoms with E-state index in [2.05, 4.69) is 15.3 Å². The number of hydrogen-bond donors (Lipinski definition) is 4. The molecule has 1 amide bonds. The van der Waals surface area contributed by atoms with Gasteiger partial charge in [-0.3, -0.25) is 0 Å². The molecule has 0 saturated carbocycles. The Kier molecular flexibility index (Phi) is 8.39. The summed E-state index contributed by atoms with van der Waals surface area (Å²) in [6, 6.07) is 40.9. The Hall–Kier alpha value is -7.08. The number of amides is 1. The maximum absolute atomic E-state index is 11.3. The first kappa shape index (κ1) is 32.8. The van der Waals surface area contributed by atoms with Gasteiger partial charge in [0.25, 0.3) is 0 Å². The van der Waals surface area contributed by atoms with Crippen molar-refractivity contribution in [2.75, 3.05) is 5.44 Å². The van der Waals surface area contributed by atoms with Gasteiger partial charge < -0.3 is 9.97 Å². The fraction of sp³-hybridized carbons (Fsp3) is 0.0244. The monoisotopic (exact) mass is 756 g/mol. The quantitative estimate of drug-likeness (QED) is 0.130. The summed E-state index contributed by atoms with van der Waals surface area (Å²) in [6.45, 7) is 0. The zero-order valence-electron chi connectivity index (χ0n) is 28.1. The first-order valence-electron chi connectivity index (χ1n) is 16.8. The van der Waals surface area contributed by atoms with Crippen LogP contribution in [0.4, 0.5) is 4.79 Å². The van der Waals surface area contributed by atoms with E-state index in [1.807, 2.05) is 103 Å². The molecule has 5 aromatic carbocycles. The summed E-state index contributed by atoms with van der Waals surface area (Å²) < 4.78 is 0. The summed E-state index contributed by atoms with van der Waals surface area (Å²) in [5, 5.41) is 14.6. The van der Waals surface area contributed by atoms with Crippen molar-refractivity contribution < 1.29 is 29.7 Å². The van der Waals surface area contributed by atoms with E-state index in [0.29, 0.717) is 51.4 Å². The van der Waals surface area contributed by atoms with Crippen LogP contribution < -0.4 is 5.32 Å². The van der Waals surface area contributed by atoms with Crippen molar-refractivity contribution in [3.63, 3.8) is 0 Å².